The molecular weight excluding hydrogens is 570 g/mol. The van der Waals surface area contributed by atoms with Gasteiger partial charge in [-0.2, -0.15) is 31.1 Å². The summed E-state index contributed by atoms with van der Waals surface area (Å²) < 4.78 is 87.4. The minimum Gasteiger partial charge on any atom is -0.446 e. The first-order valence-corrected chi connectivity index (χ1v) is 13.1. The lowest BCUT2D eigenvalue weighted by atomic mass is 9.92. The van der Waals surface area contributed by atoms with Gasteiger partial charge >= 0.3 is 18.4 Å². The molecule has 3 aromatic rings. The van der Waals surface area contributed by atoms with Crippen LogP contribution >= 0.6 is 0 Å². The smallest absolute Gasteiger partial charge is 0.416 e. The highest BCUT2D eigenvalue weighted by molar-refractivity contribution is 5.90. The number of tetrazole rings is 1. The van der Waals surface area contributed by atoms with Crippen LogP contribution < -0.4 is 15.1 Å². The summed E-state index contributed by atoms with van der Waals surface area (Å²) in [5.41, 5.74) is -2.42. The first-order valence-electron chi connectivity index (χ1n) is 13.1. The normalized spacial score (nSPS) is 17.3. The Morgan fingerprint density at radius 1 is 1.12 bits per heavy atom. The summed E-state index contributed by atoms with van der Waals surface area (Å²) in [7, 11) is 3.11. The maximum atomic E-state index is 13.7. The van der Waals surface area contributed by atoms with Crippen molar-refractivity contribution in [3.63, 3.8) is 0 Å². The summed E-state index contributed by atoms with van der Waals surface area (Å²) in [4.78, 5) is 21.9. The molecule has 2 atom stereocenters. The summed E-state index contributed by atoms with van der Waals surface area (Å²) in [6, 6.07) is 3.51. The number of carbonyl (C=O) groups excluding carboxylic acids is 1. The molecule has 0 spiro atoms. The van der Waals surface area contributed by atoms with Gasteiger partial charge in [0.2, 0.25) is 0 Å². The lowest BCUT2D eigenvalue weighted by molar-refractivity contribution is -0.143. The Hall–Kier alpha value is -4.11. The average Bonchev–Trinajstić information content (AvgIpc) is 3.34. The van der Waals surface area contributed by atoms with Crippen molar-refractivity contribution in [2.24, 2.45) is 7.05 Å². The predicted octanol–water partition coefficient (Wildman–Crippen LogP) is 5.97. The molecule has 3 heterocycles. The Kier molecular flexibility index (Phi) is 8.55. The first-order chi connectivity index (χ1) is 19.6. The number of fused-ring (bicyclic) bond motifs is 1. The number of aromatic nitrogens is 5. The maximum Gasteiger partial charge on any atom is 0.416 e. The van der Waals surface area contributed by atoms with Crippen LogP contribution in [-0.2, 0) is 30.7 Å². The fraction of sp³-hybridized carbons (Fsp3) is 0.500. The van der Waals surface area contributed by atoms with E-state index in [0.717, 1.165) is 4.80 Å². The van der Waals surface area contributed by atoms with E-state index < -0.39 is 54.3 Å². The highest BCUT2D eigenvalue weighted by Crippen LogP contribution is 2.44. The van der Waals surface area contributed by atoms with Crippen molar-refractivity contribution in [3.05, 3.63) is 52.7 Å². The van der Waals surface area contributed by atoms with Crippen molar-refractivity contribution in [2.75, 3.05) is 22.2 Å². The fourth-order valence-corrected chi connectivity index (χ4v) is 4.87. The second kappa shape index (κ2) is 11.6. The van der Waals surface area contributed by atoms with E-state index >= 15 is 0 Å². The zero-order valence-electron chi connectivity index (χ0n) is 23.5. The third-order valence-corrected chi connectivity index (χ3v) is 6.73. The number of pyridine rings is 1. The number of carbonyl (C=O) groups is 1. The van der Waals surface area contributed by atoms with Crippen LogP contribution in [0.2, 0.25) is 0 Å². The van der Waals surface area contributed by atoms with Crippen LogP contribution in [-0.4, -0.2) is 50.5 Å². The SMILES string of the molecule is CC[C@@H]1C[C@H](N(Cc2cc(C(F)(F)F)cc(C(F)(F)F)c2)c2nnn(C)n2)c2nc(NC)ccc2N1C(=O)OC(C)C. The molecular formula is C26H30F6N8O2. The lowest BCUT2D eigenvalue weighted by Crippen LogP contribution is -2.48. The molecule has 1 aliphatic rings. The Labute approximate surface area is 237 Å². The molecule has 0 radical (unpaired) electrons. The molecule has 0 unspecified atom stereocenters. The number of halogens is 6. The monoisotopic (exact) mass is 600 g/mol. The number of nitrogens with zero attached hydrogens (tertiary/aromatic N) is 7. The second-order valence-corrected chi connectivity index (χ2v) is 10.1. The number of hydrogen-bond donors (Lipinski definition) is 1. The van der Waals surface area contributed by atoms with Gasteiger partial charge in [0, 0.05) is 19.6 Å². The van der Waals surface area contributed by atoms with Gasteiger partial charge < -0.3 is 15.0 Å². The van der Waals surface area contributed by atoms with E-state index in [9.17, 15) is 31.1 Å². The molecule has 0 aliphatic carbocycles. The number of alkyl halides is 6. The van der Waals surface area contributed by atoms with Crippen LogP contribution in [0.5, 0.6) is 0 Å². The van der Waals surface area contributed by atoms with Crippen molar-refractivity contribution in [3.8, 4) is 0 Å². The highest BCUT2D eigenvalue weighted by Gasteiger charge is 2.42. The van der Waals surface area contributed by atoms with E-state index in [1.165, 1.54) is 16.8 Å². The van der Waals surface area contributed by atoms with Crippen LogP contribution in [0.25, 0.3) is 0 Å². The molecule has 0 saturated heterocycles. The molecule has 1 aromatic carbocycles. The Morgan fingerprint density at radius 2 is 1.76 bits per heavy atom. The number of nitrogens with one attached hydrogen (secondary N) is 1. The van der Waals surface area contributed by atoms with E-state index in [1.807, 2.05) is 6.92 Å². The molecule has 0 saturated carbocycles. The molecule has 1 aliphatic heterocycles. The topological polar surface area (TPSA) is 101 Å². The van der Waals surface area contributed by atoms with Crippen LogP contribution in [0.4, 0.5) is 48.6 Å². The van der Waals surface area contributed by atoms with Gasteiger partial charge in [-0.15, -0.1) is 5.10 Å². The van der Waals surface area contributed by atoms with E-state index in [4.69, 9.17) is 4.74 Å². The van der Waals surface area contributed by atoms with Crippen LogP contribution in [0.3, 0.4) is 0 Å². The van der Waals surface area contributed by atoms with Crippen molar-refractivity contribution >= 4 is 23.5 Å². The van der Waals surface area contributed by atoms with Crippen molar-refractivity contribution in [1.29, 1.82) is 0 Å². The van der Waals surface area contributed by atoms with Gasteiger partial charge in [0.05, 0.1) is 41.7 Å². The first kappa shape index (κ1) is 30.8. The molecule has 0 bridgehead atoms. The number of hydrogen-bond acceptors (Lipinski definition) is 8. The van der Waals surface area contributed by atoms with Crippen molar-refractivity contribution in [2.45, 2.75) is 70.7 Å². The molecule has 1 N–H and O–H groups in total. The second-order valence-electron chi connectivity index (χ2n) is 10.1. The Balaban J connectivity index is 1.89. The van der Waals surface area contributed by atoms with Gasteiger partial charge in [0.25, 0.3) is 5.95 Å². The molecule has 4 rings (SSSR count). The van der Waals surface area contributed by atoms with Gasteiger partial charge in [-0.25, -0.2) is 9.78 Å². The average molecular weight is 601 g/mol. The van der Waals surface area contributed by atoms with Crippen molar-refractivity contribution < 1.29 is 35.9 Å². The zero-order valence-corrected chi connectivity index (χ0v) is 23.5. The van der Waals surface area contributed by atoms with Crippen LogP contribution in [0, 0.1) is 0 Å². The van der Waals surface area contributed by atoms with Gasteiger partial charge in [-0.05, 0) is 67.8 Å². The largest absolute Gasteiger partial charge is 0.446 e. The standard InChI is InChI=1S/C26H30F6N8O2/c1-6-18-12-20(22-19(7-8-21(33-4)34-22)40(18)24(41)42-14(2)3)39(23-35-37-38(5)36-23)13-15-9-16(25(27,28)29)11-17(10-15)26(30,31)32/h7-11,14,18,20H,6,12-13H2,1-5H3,(H,33,34)/t18-,20+/m1/s1. The van der Waals surface area contributed by atoms with E-state index in [2.05, 4.69) is 25.7 Å². The Morgan fingerprint density at radius 3 is 2.26 bits per heavy atom. The molecule has 0 fully saturated rings. The maximum absolute atomic E-state index is 13.7. The van der Waals surface area contributed by atoms with E-state index in [-0.39, 0.29) is 24.0 Å². The molecule has 42 heavy (non-hydrogen) atoms. The van der Waals surface area contributed by atoms with Crippen molar-refractivity contribution in [1.82, 2.24) is 25.2 Å². The van der Waals surface area contributed by atoms with Gasteiger partial charge in [0.1, 0.15) is 5.82 Å². The van der Waals surface area contributed by atoms with Gasteiger partial charge in [-0.1, -0.05) is 12.0 Å². The minimum atomic E-state index is -5.02. The van der Waals surface area contributed by atoms with Crippen LogP contribution in [0.15, 0.2) is 30.3 Å². The Bertz CT molecular complexity index is 1390. The lowest BCUT2D eigenvalue weighted by Gasteiger charge is -2.43. The molecule has 16 heteroatoms. The minimum absolute atomic E-state index is 0.0378. The fourth-order valence-electron chi connectivity index (χ4n) is 4.87. The predicted molar refractivity (Wildman–Crippen MR) is 141 cm³/mol. The number of anilines is 3. The molecule has 1 amide bonds. The summed E-state index contributed by atoms with van der Waals surface area (Å²) >= 11 is 0. The summed E-state index contributed by atoms with van der Waals surface area (Å²) in [5.74, 6) is 0.389. The van der Waals surface area contributed by atoms with E-state index in [1.54, 1.807) is 33.0 Å². The number of amides is 1. The number of benzene rings is 1. The highest BCUT2D eigenvalue weighted by atomic mass is 19.4. The van der Waals surface area contributed by atoms with E-state index in [0.29, 0.717) is 35.8 Å². The zero-order chi connectivity index (χ0) is 31.0. The summed E-state index contributed by atoms with van der Waals surface area (Å²) in [5, 5.41) is 15.0. The third-order valence-electron chi connectivity index (χ3n) is 6.73. The molecule has 2 aromatic heterocycles. The number of aryl methyl sites for hydroxylation is 1. The van der Waals surface area contributed by atoms with Gasteiger partial charge in [0.15, 0.2) is 0 Å². The van der Waals surface area contributed by atoms with Crippen LogP contribution in [0.1, 0.15) is 62.0 Å². The summed E-state index contributed by atoms with van der Waals surface area (Å²) in [6.45, 7) is 4.83. The quantitative estimate of drug-likeness (QED) is 0.332. The molecule has 228 valence electrons. The third kappa shape index (κ3) is 6.51. The summed E-state index contributed by atoms with van der Waals surface area (Å²) in [6.07, 6.45) is -10.4. The van der Waals surface area contributed by atoms with Gasteiger partial charge in [-0.3, -0.25) is 4.90 Å². The number of rotatable bonds is 7. The number of ether oxygens (including phenoxy) is 1. The molecule has 10 nitrogen and oxygen atoms in total.